The van der Waals surface area contributed by atoms with Crippen LogP contribution >= 0.6 is 11.8 Å². The van der Waals surface area contributed by atoms with E-state index in [1.165, 1.54) is 23.4 Å². The molecule has 0 saturated carbocycles. The van der Waals surface area contributed by atoms with Crippen molar-refractivity contribution in [3.05, 3.63) is 56.7 Å². The third-order valence-electron chi connectivity index (χ3n) is 2.78. The van der Waals surface area contributed by atoms with Crippen molar-refractivity contribution in [2.75, 3.05) is 0 Å². The zero-order valence-corrected chi connectivity index (χ0v) is 11.3. The minimum atomic E-state index is -0.302. The highest BCUT2D eigenvalue weighted by Gasteiger charge is 2.12. The first kappa shape index (κ1) is 12.7. The Kier molecular flexibility index (Phi) is 3.43. The van der Waals surface area contributed by atoms with Gasteiger partial charge >= 0.3 is 5.69 Å². The van der Waals surface area contributed by atoms with Crippen molar-refractivity contribution in [1.29, 1.82) is 0 Å². The van der Waals surface area contributed by atoms with Crippen molar-refractivity contribution >= 4 is 11.8 Å². The van der Waals surface area contributed by atoms with Gasteiger partial charge in [0, 0.05) is 24.6 Å². The van der Waals surface area contributed by atoms with Crippen LogP contribution in [0, 0.1) is 6.92 Å². The second kappa shape index (κ2) is 4.86. The molecular weight excluding hydrogens is 248 g/mol. The van der Waals surface area contributed by atoms with E-state index in [0.717, 1.165) is 9.46 Å². The minimum absolute atomic E-state index is 0.239. The topological polar surface area (TPSA) is 44.0 Å². The molecule has 4 nitrogen and oxygen atoms in total. The molecule has 5 heteroatoms. The predicted octanol–water partition coefficient (Wildman–Crippen LogP) is 1.54. The second-order valence-electron chi connectivity index (χ2n) is 4.05. The number of rotatable bonds is 2. The third-order valence-corrected chi connectivity index (χ3v) is 4.06. The summed E-state index contributed by atoms with van der Waals surface area (Å²) in [5, 5.41) is 0.689. The number of hydrogen-bond donors (Lipinski definition) is 0. The fourth-order valence-corrected chi connectivity index (χ4v) is 2.71. The Labute approximate surface area is 109 Å². The lowest BCUT2D eigenvalue weighted by Crippen LogP contribution is -2.39. The zero-order valence-electron chi connectivity index (χ0n) is 10.5. The summed E-state index contributed by atoms with van der Waals surface area (Å²) in [6.07, 6.45) is 0. The molecule has 18 heavy (non-hydrogen) atoms. The quantitative estimate of drug-likeness (QED) is 0.771. The van der Waals surface area contributed by atoms with Gasteiger partial charge in [0.2, 0.25) is 0 Å². The Morgan fingerprint density at radius 2 is 1.61 bits per heavy atom. The van der Waals surface area contributed by atoms with E-state index < -0.39 is 0 Å². The lowest BCUT2D eigenvalue weighted by molar-refractivity contribution is 0.624. The highest BCUT2D eigenvalue weighted by atomic mass is 32.2. The fraction of sp³-hybridized carbons (Fsp3) is 0.231. The zero-order chi connectivity index (χ0) is 13.3. The molecule has 0 bridgehead atoms. The number of hydrogen-bond acceptors (Lipinski definition) is 3. The summed E-state index contributed by atoms with van der Waals surface area (Å²) in [6, 6.07) is 9.69. The minimum Gasteiger partial charge on any atom is -0.290 e. The van der Waals surface area contributed by atoms with Crippen LogP contribution in [0.3, 0.4) is 0 Å². The van der Waals surface area contributed by atoms with E-state index in [-0.39, 0.29) is 11.2 Å². The van der Waals surface area contributed by atoms with Crippen molar-refractivity contribution in [2.24, 2.45) is 14.1 Å². The first-order valence-corrected chi connectivity index (χ1v) is 6.33. The van der Waals surface area contributed by atoms with Crippen molar-refractivity contribution in [3.63, 3.8) is 0 Å². The monoisotopic (exact) mass is 262 g/mol. The average Bonchev–Trinajstić information content (AvgIpc) is 2.40. The largest absolute Gasteiger partial charge is 0.331 e. The van der Waals surface area contributed by atoms with Crippen LogP contribution in [0.1, 0.15) is 5.56 Å². The molecule has 0 aliphatic rings. The van der Waals surface area contributed by atoms with Crippen molar-refractivity contribution in [3.8, 4) is 0 Å². The summed E-state index contributed by atoms with van der Waals surface area (Å²) in [5.74, 6) is 0. The summed E-state index contributed by atoms with van der Waals surface area (Å²) in [5.41, 5.74) is 0.0500. The third kappa shape index (κ3) is 2.13. The van der Waals surface area contributed by atoms with Crippen LogP contribution in [0.15, 0.2) is 49.8 Å². The molecule has 0 N–H and O–H groups in total. The van der Waals surface area contributed by atoms with E-state index in [2.05, 4.69) is 0 Å². The molecule has 2 rings (SSSR count). The molecule has 0 aliphatic heterocycles. The molecule has 0 saturated heterocycles. The van der Waals surface area contributed by atoms with Crippen LogP contribution in [0.25, 0.3) is 0 Å². The molecule has 0 atom stereocenters. The SMILES string of the molecule is Cc1c(Sc2ccccc2)n(C)c(=O)n(C)c1=O. The van der Waals surface area contributed by atoms with Gasteiger partial charge in [-0.3, -0.25) is 13.9 Å². The molecule has 0 unspecified atom stereocenters. The highest BCUT2D eigenvalue weighted by Crippen LogP contribution is 2.27. The summed E-state index contributed by atoms with van der Waals surface area (Å²) in [7, 11) is 3.18. The molecule has 94 valence electrons. The lowest BCUT2D eigenvalue weighted by Gasteiger charge is -2.12. The lowest BCUT2D eigenvalue weighted by atomic mass is 10.4. The van der Waals surface area contributed by atoms with Gasteiger partial charge in [0.05, 0.1) is 5.03 Å². The van der Waals surface area contributed by atoms with Gasteiger partial charge in [-0.15, -0.1) is 0 Å². The molecule has 0 aliphatic carbocycles. The standard InChI is InChI=1S/C13H14N2O2S/c1-9-11(16)14(2)13(17)15(3)12(9)18-10-7-5-4-6-8-10/h4-8H,1-3H3. The van der Waals surface area contributed by atoms with Crippen molar-refractivity contribution < 1.29 is 0 Å². The summed E-state index contributed by atoms with van der Waals surface area (Å²) >= 11 is 1.43. The molecule has 2 aromatic rings. The van der Waals surface area contributed by atoms with Gasteiger partial charge in [-0.2, -0.15) is 0 Å². The first-order valence-electron chi connectivity index (χ1n) is 5.52. The van der Waals surface area contributed by atoms with Gasteiger partial charge < -0.3 is 0 Å². The van der Waals surface area contributed by atoms with Gasteiger partial charge in [0.1, 0.15) is 0 Å². The summed E-state index contributed by atoms with van der Waals surface area (Å²) in [6.45, 7) is 1.74. The highest BCUT2D eigenvalue weighted by molar-refractivity contribution is 7.99. The molecule has 0 fully saturated rings. The Hall–Kier alpha value is -1.75. The maximum Gasteiger partial charge on any atom is 0.331 e. The number of aromatic nitrogens is 2. The number of benzene rings is 1. The molecule has 1 aromatic carbocycles. The summed E-state index contributed by atoms with van der Waals surface area (Å²) < 4.78 is 2.64. The number of nitrogens with zero attached hydrogens (tertiary/aromatic N) is 2. The van der Waals surface area contributed by atoms with Gasteiger partial charge in [-0.05, 0) is 19.1 Å². The fourth-order valence-electron chi connectivity index (χ4n) is 1.74. The molecule has 0 amide bonds. The Morgan fingerprint density at radius 3 is 2.22 bits per heavy atom. The van der Waals surface area contributed by atoms with Crippen LogP contribution in [-0.4, -0.2) is 9.13 Å². The molecule has 1 aromatic heterocycles. The smallest absolute Gasteiger partial charge is 0.290 e. The maximum atomic E-state index is 11.9. The average molecular weight is 262 g/mol. The first-order chi connectivity index (χ1) is 8.52. The van der Waals surface area contributed by atoms with Crippen molar-refractivity contribution in [1.82, 2.24) is 9.13 Å². The van der Waals surface area contributed by atoms with E-state index in [1.807, 2.05) is 30.3 Å². The molecular formula is C13H14N2O2S. The van der Waals surface area contributed by atoms with E-state index in [9.17, 15) is 9.59 Å². The van der Waals surface area contributed by atoms with Gasteiger partial charge in [0.15, 0.2) is 0 Å². The van der Waals surface area contributed by atoms with Crippen LogP contribution < -0.4 is 11.2 Å². The molecule has 0 radical (unpaired) electrons. The Morgan fingerprint density at radius 1 is 1.00 bits per heavy atom. The van der Waals surface area contributed by atoms with E-state index in [4.69, 9.17) is 0 Å². The maximum absolute atomic E-state index is 11.9. The van der Waals surface area contributed by atoms with Crippen LogP contribution in [0.4, 0.5) is 0 Å². The van der Waals surface area contributed by atoms with Crippen molar-refractivity contribution in [2.45, 2.75) is 16.8 Å². The molecule has 0 spiro atoms. The predicted molar refractivity (Wildman–Crippen MR) is 72.2 cm³/mol. The molecule has 1 heterocycles. The Balaban J connectivity index is 2.59. The van der Waals surface area contributed by atoms with E-state index in [1.54, 1.807) is 14.0 Å². The Bertz CT molecular complexity index is 649. The van der Waals surface area contributed by atoms with Gasteiger partial charge in [0.25, 0.3) is 5.56 Å². The van der Waals surface area contributed by atoms with E-state index in [0.29, 0.717) is 10.6 Å². The second-order valence-corrected chi connectivity index (χ2v) is 5.11. The van der Waals surface area contributed by atoms with Crippen LogP contribution in [-0.2, 0) is 14.1 Å². The van der Waals surface area contributed by atoms with Gasteiger partial charge in [-0.1, -0.05) is 30.0 Å². The van der Waals surface area contributed by atoms with Gasteiger partial charge in [-0.25, -0.2) is 4.79 Å². The normalized spacial score (nSPS) is 10.6. The van der Waals surface area contributed by atoms with Crippen LogP contribution in [0.2, 0.25) is 0 Å². The summed E-state index contributed by atoms with van der Waals surface area (Å²) in [4.78, 5) is 24.8. The van der Waals surface area contributed by atoms with Crippen LogP contribution in [0.5, 0.6) is 0 Å². The van der Waals surface area contributed by atoms with E-state index >= 15 is 0 Å².